The van der Waals surface area contributed by atoms with Gasteiger partial charge >= 0.3 is 0 Å². The molecule has 17 heavy (non-hydrogen) atoms. The van der Waals surface area contributed by atoms with E-state index in [1.165, 1.54) is 12.1 Å². The second-order valence-corrected chi connectivity index (χ2v) is 5.25. The number of aromatic hydroxyl groups is 1. The third-order valence-corrected chi connectivity index (χ3v) is 4.10. The lowest BCUT2D eigenvalue weighted by molar-refractivity contribution is 0.0743. The van der Waals surface area contributed by atoms with Crippen LogP contribution in [0.5, 0.6) is 5.75 Å². The smallest absolute Gasteiger partial charge is 0.256 e. The van der Waals surface area contributed by atoms with E-state index in [0.717, 1.165) is 24.0 Å². The third kappa shape index (κ3) is 2.54. The van der Waals surface area contributed by atoms with E-state index in [0.29, 0.717) is 0 Å². The number of halogens is 1. The highest BCUT2D eigenvalue weighted by Gasteiger charge is 2.26. The molecule has 0 aromatic heterocycles. The Morgan fingerprint density at radius 2 is 2.35 bits per heavy atom. The van der Waals surface area contributed by atoms with Gasteiger partial charge in [0.2, 0.25) is 0 Å². The minimum absolute atomic E-state index is 0.0159. The molecular formula is C12H14FNO2S. The molecule has 0 aliphatic carbocycles. The monoisotopic (exact) mass is 255 g/mol. The number of hydrogen-bond acceptors (Lipinski definition) is 3. The SMILES string of the molecule is CN(C(=O)c1ccc(O)cc1F)C1CCSC1. The van der Waals surface area contributed by atoms with Crippen molar-refractivity contribution in [3.8, 4) is 5.75 Å². The Morgan fingerprint density at radius 1 is 1.59 bits per heavy atom. The summed E-state index contributed by atoms with van der Waals surface area (Å²) in [6.45, 7) is 0. The molecule has 1 aromatic carbocycles. The van der Waals surface area contributed by atoms with Gasteiger partial charge in [-0.3, -0.25) is 4.79 Å². The lowest BCUT2D eigenvalue weighted by Gasteiger charge is -2.24. The molecule has 3 nitrogen and oxygen atoms in total. The van der Waals surface area contributed by atoms with Crippen LogP contribution in [0.15, 0.2) is 18.2 Å². The first-order valence-corrected chi connectivity index (χ1v) is 6.58. The number of hydrogen-bond donors (Lipinski definition) is 1. The standard InChI is InChI=1S/C12H14FNO2S/c1-14(8-4-5-17-7-8)12(16)10-3-2-9(15)6-11(10)13/h2-3,6,8,15H,4-5,7H2,1H3. The van der Waals surface area contributed by atoms with Crippen LogP contribution in [-0.2, 0) is 0 Å². The summed E-state index contributed by atoms with van der Waals surface area (Å²) in [4.78, 5) is 13.7. The number of phenolic OH excluding ortho intramolecular Hbond substituents is 1. The summed E-state index contributed by atoms with van der Waals surface area (Å²) in [7, 11) is 1.70. The fraction of sp³-hybridized carbons (Fsp3) is 0.417. The molecule has 1 aliphatic heterocycles. The van der Waals surface area contributed by atoms with Gasteiger partial charge in [-0.25, -0.2) is 4.39 Å². The zero-order valence-corrected chi connectivity index (χ0v) is 10.3. The van der Waals surface area contributed by atoms with Crippen molar-refractivity contribution in [3.05, 3.63) is 29.6 Å². The predicted octanol–water partition coefficient (Wildman–Crippen LogP) is 2.11. The number of benzene rings is 1. The van der Waals surface area contributed by atoms with E-state index in [1.807, 2.05) is 0 Å². The maximum absolute atomic E-state index is 13.5. The van der Waals surface area contributed by atoms with E-state index in [-0.39, 0.29) is 23.3 Å². The van der Waals surface area contributed by atoms with Crippen LogP contribution < -0.4 is 0 Å². The van der Waals surface area contributed by atoms with Crippen LogP contribution in [0.1, 0.15) is 16.8 Å². The molecule has 5 heteroatoms. The van der Waals surface area contributed by atoms with Gasteiger partial charge in [0.15, 0.2) is 0 Å². The highest BCUT2D eigenvalue weighted by Crippen LogP contribution is 2.24. The van der Waals surface area contributed by atoms with Gasteiger partial charge in [0.25, 0.3) is 5.91 Å². The Balaban J connectivity index is 2.18. The number of nitrogens with zero attached hydrogens (tertiary/aromatic N) is 1. The molecule has 1 unspecified atom stereocenters. The lowest BCUT2D eigenvalue weighted by atomic mass is 10.1. The van der Waals surface area contributed by atoms with Crippen LogP contribution in [0.2, 0.25) is 0 Å². The summed E-state index contributed by atoms with van der Waals surface area (Å²) in [6, 6.07) is 3.80. The van der Waals surface area contributed by atoms with Crippen LogP contribution >= 0.6 is 11.8 Å². The van der Waals surface area contributed by atoms with Gasteiger partial charge in [0.1, 0.15) is 11.6 Å². The van der Waals surface area contributed by atoms with Crippen LogP contribution in [-0.4, -0.2) is 40.5 Å². The summed E-state index contributed by atoms with van der Waals surface area (Å²) < 4.78 is 13.5. The Bertz CT molecular complexity index is 433. The van der Waals surface area contributed by atoms with E-state index in [2.05, 4.69) is 0 Å². The minimum atomic E-state index is -0.674. The number of carbonyl (C=O) groups is 1. The fourth-order valence-electron chi connectivity index (χ4n) is 1.86. The number of rotatable bonds is 2. The van der Waals surface area contributed by atoms with Gasteiger partial charge in [-0.05, 0) is 24.3 Å². The van der Waals surface area contributed by atoms with E-state index in [4.69, 9.17) is 5.11 Å². The molecule has 0 bridgehead atoms. The summed E-state index contributed by atoms with van der Waals surface area (Å²) in [5, 5.41) is 9.10. The van der Waals surface area contributed by atoms with E-state index >= 15 is 0 Å². The van der Waals surface area contributed by atoms with Crippen LogP contribution in [0.3, 0.4) is 0 Å². The van der Waals surface area contributed by atoms with Gasteiger partial charge in [-0.1, -0.05) is 0 Å². The van der Waals surface area contributed by atoms with Gasteiger partial charge in [-0.15, -0.1) is 0 Å². The topological polar surface area (TPSA) is 40.5 Å². The van der Waals surface area contributed by atoms with Crippen molar-refractivity contribution in [2.75, 3.05) is 18.6 Å². The van der Waals surface area contributed by atoms with Crippen molar-refractivity contribution >= 4 is 17.7 Å². The number of phenols is 1. The average molecular weight is 255 g/mol. The minimum Gasteiger partial charge on any atom is -0.508 e. The molecule has 92 valence electrons. The normalized spacial score (nSPS) is 19.3. The summed E-state index contributed by atoms with van der Waals surface area (Å²) >= 11 is 1.80. The molecule has 1 atom stereocenters. The highest BCUT2D eigenvalue weighted by molar-refractivity contribution is 7.99. The maximum Gasteiger partial charge on any atom is 0.256 e. The molecule has 1 N–H and O–H groups in total. The molecule has 1 saturated heterocycles. The highest BCUT2D eigenvalue weighted by atomic mass is 32.2. The summed E-state index contributed by atoms with van der Waals surface area (Å²) in [6.07, 6.45) is 0.951. The zero-order valence-electron chi connectivity index (χ0n) is 9.52. The van der Waals surface area contributed by atoms with E-state index < -0.39 is 5.82 Å². The van der Waals surface area contributed by atoms with Gasteiger partial charge in [0.05, 0.1) is 5.56 Å². The Labute approximate surface area is 104 Å². The van der Waals surface area contributed by atoms with Gasteiger partial charge in [-0.2, -0.15) is 11.8 Å². The van der Waals surface area contributed by atoms with Crippen LogP contribution in [0.4, 0.5) is 4.39 Å². The predicted molar refractivity (Wildman–Crippen MR) is 65.9 cm³/mol. The van der Waals surface area contributed by atoms with Crippen molar-refractivity contribution in [2.45, 2.75) is 12.5 Å². The molecule has 0 saturated carbocycles. The number of thioether (sulfide) groups is 1. The van der Waals surface area contributed by atoms with Crippen LogP contribution in [0, 0.1) is 5.82 Å². The molecule has 1 aromatic rings. The first kappa shape index (κ1) is 12.2. The second-order valence-electron chi connectivity index (χ2n) is 4.10. The lowest BCUT2D eigenvalue weighted by Crippen LogP contribution is -2.37. The first-order chi connectivity index (χ1) is 8.09. The van der Waals surface area contributed by atoms with Crippen molar-refractivity contribution in [1.29, 1.82) is 0 Å². The van der Waals surface area contributed by atoms with Crippen molar-refractivity contribution in [3.63, 3.8) is 0 Å². The molecule has 0 radical (unpaired) electrons. The molecular weight excluding hydrogens is 241 g/mol. The average Bonchev–Trinajstić information content (AvgIpc) is 2.80. The summed E-state index contributed by atoms with van der Waals surface area (Å²) in [5.74, 6) is 0.781. The maximum atomic E-state index is 13.5. The molecule has 2 rings (SSSR count). The Kier molecular flexibility index (Phi) is 3.57. The van der Waals surface area contributed by atoms with Crippen molar-refractivity contribution < 1.29 is 14.3 Å². The second kappa shape index (κ2) is 4.96. The van der Waals surface area contributed by atoms with Crippen LogP contribution in [0.25, 0.3) is 0 Å². The summed E-state index contributed by atoms with van der Waals surface area (Å²) in [5.41, 5.74) is 0.0159. The van der Waals surface area contributed by atoms with Crippen molar-refractivity contribution in [2.24, 2.45) is 0 Å². The molecule has 1 amide bonds. The Morgan fingerprint density at radius 3 is 2.94 bits per heavy atom. The molecule has 1 fully saturated rings. The molecule has 1 aliphatic rings. The van der Waals surface area contributed by atoms with E-state index in [9.17, 15) is 9.18 Å². The van der Waals surface area contributed by atoms with E-state index in [1.54, 1.807) is 23.7 Å². The molecule has 0 spiro atoms. The largest absolute Gasteiger partial charge is 0.508 e. The van der Waals surface area contributed by atoms with Gasteiger partial charge < -0.3 is 10.0 Å². The first-order valence-electron chi connectivity index (χ1n) is 5.43. The zero-order chi connectivity index (χ0) is 12.4. The van der Waals surface area contributed by atoms with Gasteiger partial charge in [0, 0.05) is 24.9 Å². The molecule has 1 heterocycles. The van der Waals surface area contributed by atoms with Crippen molar-refractivity contribution in [1.82, 2.24) is 4.90 Å². The third-order valence-electron chi connectivity index (χ3n) is 2.96. The number of amides is 1. The quantitative estimate of drug-likeness (QED) is 0.880. The Hall–Kier alpha value is -1.23. The fourth-order valence-corrected chi connectivity index (χ4v) is 3.13. The number of carbonyl (C=O) groups excluding carboxylic acids is 1.